The summed E-state index contributed by atoms with van der Waals surface area (Å²) >= 11 is 5.26. The van der Waals surface area contributed by atoms with Crippen LogP contribution >= 0.6 is 11.6 Å². The molecule has 0 rings (SSSR count). The maximum Gasteiger partial charge on any atom is 0.161 e. The second-order valence-corrected chi connectivity index (χ2v) is 1.55. The maximum atomic E-state index is 9.69. The Morgan fingerprint density at radius 2 is 2.43 bits per heavy atom. The van der Waals surface area contributed by atoms with Gasteiger partial charge in [-0.15, -0.1) is 0 Å². The van der Waals surface area contributed by atoms with Crippen molar-refractivity contribution in [3.8, 4) is 0 Å². The van der Waals surface area contributed by atoms with E-state index in [0.29, 0.717) is 11.3 Å². The van der Waals surface area contributed by atoms with Crippen molar-refractivity contribution in [3.63, 3.8) is 0 Å². The molecule has 0 aromatic heterocycles. The van der Waals surface area contributed by atoms with E-state index >= 15 is 0 Å². The van der Waals surface area contributed by atoms with E-state index in [1.165, 1.54) is 0 Å². The molecule has 0 aliphatic carbocycles. The molecule has 40 valence electrons. The van der Waals surface area contributed by atoms with Crippen LogP contribution in [-0.2, 0) is 4.79 Å². The topological polar surface area (TPSA) is 17.1 Å². The van der Waals surface area contributed by atoms with Crippen molar-refractivity contribution in [2.24, 2.45) is 0 Å². The van der Waals surface area contributed by atoms with Crippen LogP contribution in [0.15, 0.2) is 11.1 Å². The summed E-state index contributed by atoms with van der Waals surface area (Å²) in [7, 11) is 0. The first kappa shape index (κ1) is 6.70. The molecule has 0 N–H and O–H groups in total. The standard InChI is InChI=1S/C5H7ClO/c1-2-3-5(6)4-7/h3-4H,2H2,1H3/b5-3+. The SMILES string of the molecule is CC/C=C(/Cl)C=O. The van der Waals surface area contributed by atoms with Gasteiger partial charge < -0.3 is 0 Å². The highest BCUT2D eigenvalue weighted by molar-refractivity contribution is 6.38. The summed E-state index contributed by atoms with van der Waals surface area (Å²) in [4.78, 5) is 9.69. The largest absolute Gasteiger partial charge is 0.297 e. The predicted octanol–water partition coefficient (Wildman–Crippen LogP) is 1.72. The van der Waals surface area contributed by atoms with Crippen molar-refractivity contribution in [2.45, 2.75) is 13.3 Å². The van der Waals surface area contributed by atoms with E-state index in [-0.39, 0.29) is 0 Å². The molecule has 1 nitrogen and oxygen atoms in total. The molecule has 0 saturated carbocycles. The number of carbonyl (C=O) groups excluding carboxylic acids is 1. The summed E-state index contributed by atoms with van der Waals surface area (Å²) in [5.74, 6) is 0. The molecular formula is C5H7ClO. The lowest BCUT2D eigenvalue weighted by Gasteiger charge is -1.76. The van der Waals surface area contributed by atoms with Gasteiger partial charge >= 0.3 is 0 Å². The van der Waals surface area contributed by atoms with Crippen LogP contribution in [0.2, 0.25) is 0 Å². The summed E-state index contributed by atoms with van der Waals surface area (Å²) in [6.07, 6.45) is 3.11. The second-order valence-electron chi connectivity index (χ2n) is 1.12. The lowest BCUT2D eigenvalue weighted by molar-refractivity contribution is -0.104. The third-order valence-corrected chi connectivity index (χ3v) is 0.755. The minimum absolute atomic E-state index is 0.294. The number of allylic oxidation sites excluding steroid dienone is 2. The van der Waals surface area contributed by atoms with E-state index in [1.54, 1.807) is 6.08 Å². The van der Waals surface area contributed by atoms with Gasteiger partial charge in [0.1, 0.15) is 0 Å². The molecule has 0 bridgehead atoms. The molecule has 0 spiro atoms. The average molecular weight is 119 g/mol. The number of hydrogen-bond acceptors (Lipinski definition) is 1. The monoisotopic (exact) mass is 118 g/mol. The van der Waals surface area contributed by atoms with Crippen molar-refractivity contribution in [1.82, 2.24) is 0 Å². The van der Waals surface area contributed by atoms with E-state index in [1.807, 2.05) is 6.92 Å². The normalized spacial score (nSPS) is 11.4. The predicted molar refractivity (Wildman–Crippen MR) is 30.3 cm³/mol. The van der Waals surface area contributed by atoms with E-state index in [0.717, 1.165) is 6.42 Å². The van der Waals surface area contributed by atoms with E-state index < -0.39 is 0 Å². The number of halogens is 1. The van der Waals surface area contributed by atoms with Crippen LogP contribution in [0.4, 0.5) is 0 Å². The Morgan fingerprint density at radius 3 is 2.57 bits per heavy atom. The number of hydrogen-bond donors (Lipinski definition) is 0. The molecule has 0 amide bonds. The van der Waals surface area contributed by atoms with Gasteiger partial charge in [-0.1, -0.05) is 24.6 Å². The fraction of sp³-hybridized carbons (Fsp3) is 0.400. The minimum atomic E-state index is 0.294. The van der Waals surface area contributed by atoms with E-state index in [2.05, 4.69) is 0 Å². The molecule has 0 aliphatic heterocycles. The quantitative estimate of drug-likeness (QED) is 0.399. The van der Waals surface area contributed by atoms with Crippen LogP contribution in [0.5, 0.6) is 0 Å². The molecule has 0 aromatic rings. The van der Waals surface area contributed by atoms with Gasteiger partial charge in [0.05, 0.1) is 5.03 Å². The highest BCUT2D eigenvalue weighted by Gasteiger charge is 1.79. The number of aldehydes is 1. The molecule has 7 heavy (non-hydrogen) atoms. The van der Waals surface area contributed by atoms with E-state index in [4.69, 9.17) is 11.6 Å². The van der Waals surface area contributed by atoms with Gasteiger partial charge in [-0.05, 0) is 6.42 Å². The Bertz CT molecular complexity index is 86.1. The van der Waals surface area contributed by atoms with Crippen LogP contribution in [0, 0.1) is 0 Å². The molecule has 0 heterocycles. The molecule has 0 aliphatic rings. The summed E-state index contributed by atoms with van der Waals surface area (Å²) in [6, 6.07) is 0. The zero-order valence-electron chi connectivity index (χ0n) is 4.15. The third-order valence-electron chi connectivity index (χ3n) is 0.512. The molecule has 0 unspecified atom stereocenters. The summed E-state index contributed by atoms with van der Waals surface area (Å²) in [6.45, 7) is 1.92. The van der Waals surface area contributed by atoms with Gasteiger partial charge in [0.15, 0.2) is 6.29 Å². The maximum absolute atomic E-state index is 9.69. The second kappa shape index (κ2) is 3.88. The zero-order chi connectivity index (χ0) is 5.70. The summed E-state index contributed by atoms with van der Waals surface area (Å²) in [5, 5.41) is 0.294. The number of rotatable bonds is 2. The molecule has 0 aromatic carbocycles. The molecule has 0 atom stereocenters. The van der Waals surface area contributed by atoms with Crippen LogP contribution in [0.1, 0.15) is 13.3 Å². The van der Waals surface area contributed by atoms with E-state index in [9.17, 15) is 4.79 Å². The lowest BCUT2D eigenvalue weighted by atomic mass is 10.4. The minimum Gasteiger partial charge on any atom is -0.297 e. The van der Waals surface area contributed by atoms with Gasteiger partial charge in [0.2, 0.25) is 0 Å². The first-order valence-electron chi connectivity index (χ1n) is 2.12. The fourth-order valence-corrected chi connectivity index (χ4v) is 0.397. The molecule has 0 saturated heterocycles. The van der Waals surface area contributed by atoms with Crippen LogP contribution in [0.3, 0.4) is 0 Å². The van der Waals surface area contributed by atoms with Crippen molar-refractivity contribution in [3.05, 3.63) is 11.1 Å². The average Bonchev–Trinajstić information content (AvgIpc) is 1.68. The Hall–Kier alpha value is -0.300. The molecule has 2 heteroatoms. The zero-order valence-corrected chi connectivity index (χ0v) is 4.90. The van der Waals surface area contributed by atoms with Crippen molar-refractivity contribution >= 4 is 17.9 Å². The first-order chi connectivity index (χ1) is 3.31. The Kier molecular flexibility index (Phi) is 3.71. The van der Waals surface area contributed by atoms with Crippen molar-refractivity contribution < 1.29 is 4.79 Å². The number of carbonyl (C=O) groups is 1. The molecule has 0 fully saturated rings. The van der Waals surface area contributed by atoms with Gasteiger partial charge in [0.25, 0.3) is 0 Å². The van der Waals surface area contributed by atoms with Gasteiger partial charge in [-0.3, -0.25) is 4.79 Å². The van der Waals surface area contributed by atoms with Gasteiger partial charge in [-0.25, -0.2) is 0 Å². The smallest absolute Gasteiger partial charge is 0.161 e. The summed E-state index contributed by atoms with van der Waals surface area (Å²) in [5.41, 5.74) is 0. The molecular weight excluding hydrogens is 112 g/mol. The van der Waals surface area contributed by atoms with Crippen LogP contribution < -0.4 is 0 Å². The first-order valence-corrected chi connectivity index (χ1v) is 2.50. The van der Waals surface area contributed by atoms with Crippen molar-refractivity contribution in [1.29, 1.82) is 0 Å². The Balaban J connectivity index is 3.49. The lowest BCUT2D eigenvalue weighted by Crippen LogP contribution is -1.68. The Morgan fingerprint density at radius 1 is 1.86 bits per heavy atom. The van der Waals surface area contributed by atoms with Gasteiger partial charge in [-0.2, -0.15) is 0 Å². The highest BCUT2D eigenvalue weighted by Crippen LogP contribution is 1.95. The van der Waals surface area contributed by atoms with Gasteiger partial charge in [0, 0.05) is 0 Å². The Labute approximate surface area is 48.0 Å². The highest BCUT2D eigenvalue weighted by atomic mass is 35.5. The molecule has 0 radical (unpaired) electrons. The fourth-order valence-electron chi connectivity index (χ4n) is 0.243. The van der Waals surface area contributed by atoms with Crippen molar-refractivity contribution in [2.75, 3.05) is 0 Å². The third kappa shape index (κ3) is 3.53. The summed E-state index contributed by atoms with van der Waals surface area (Å²) < 4.78 is 0. The van der Waals surface area contributed by atoms with Crippen LogP contribution in [-0.4, -0.2) is 6.29 Å². The van der Waals surface area contributed by atoms with Crippen LogP contribution in [0.25, 0.3) is 0 Å².